The maximum Gasteiger partial charge on any atom is 0.255 e. The number of aryl methyl sites for hydroxylation is 1. The van der Waals surface area contributed by atoms with Gasteiger partial charge in [-0.2, -0.15) is 0 Å². The molecule has 1 aliphatic rings. The van der Waals surface area contributed by atoms with Crippen molar-refractivity contribution >= 4 is 0 Å². The van der Waals surface area contributed by atoms with Gasteiger partial charge in [0.1, 0.15) is 11.5 Å². The van der Waals surface area contributed by atoms with Crippen molar-refractivity contribution in [3.05, 3.63) is 69.7 Å². The van der Waals surface area contributed by atoms with E-state index in [0.717, 1.165) is 47.8 Å². The SMILES string of the molecule is Cc1nc2c(c(=O)[nH]1)CN(Cc1ccc(-c3ccco3)nc1)CC2. The molecule has 1 N–H and O–H groups in total. The van der Waals surface area contributed by atoms with E-state index in [2.05, 4.69) is 25.9 Å². The number of hydrogen-bond donors (Lipinski definition) is 1. The second-order valence-electron chi connectivity index (χ2n) is 6.07. The molecule has 0 aliphatic carbocycles. The molecule has 4 rings (SSSR count). The van der Waals surface area contributed by atoms with Crippen molar-refractivity contribution < 1.29 is 4.42 Å². The van der Waals surface area contributed by atoms with Crippen molar-refractivity contribution in [3.63, 3.8) is 0 Å². The number of pyridine rings is 1. The van der Waals surface area contributed by atoms with E-state index in [1.165, 1.54) is 0 Å². The monoisotopic (exact) mass is 322 g/mol. The zero-order valence-electron chi connectivity index (χ0n) is 13.5. The molecular formula is C18H18N4O2. The van der Waals surface area contributed by atoms with Gasteiger partial charge in [0, 0.05) is 32.3 Å². The third-order valence-electron chi connectivity index (χ3n) is 4.27. The van der Waals surface area contributed by atoms with Crippen LogP contribution in [-0.4, -0.2) is 26.4 Å². The van der Waals surface area contributed by atoms with Crippen LogP contribution in [0, 0.1) is 6.92 Å². The normalized spacial score (nSPS) is 14.5. The number of nitrogens with one attached hydrogen (secondary N) is 1. The molecule has 1 aliphatic heterocycles. The molecule has 0 fully saturated rings. The van der Waals surface area contributed by atoms with Crippen LogP contribution in [0.2, 0.25) is 0 Å². The molecule has 0 saturated heterocycles. The van der Waals surface area contributed by atoms with Gasteiger partial charge in [0.2, 0.25) is 0 Å². The topological polar surface area (TPSA) is 75.0 Å². The van der Waals surface area contributed by atoms with E-state index in [1.807, 2.05) is 31.3 Å². The molecule has 3 aromatic heterocycles. The first kappa shape index (κ1) is 14.8. The Kier molecular flexibility index (Phi) is 3.74. The molecule has 4 heterocycles. The summed E-state index contributed by atoms with van der Waals surface area (Å²) in [7, 11) is 0. The van der Waals surface area contributed by atoms with Gasteiger partial charge in [-0.25, -0.2) is 4.98 Å². The molecule has 6 heteroatoms. The smallest absolute Gasteiger partial charge is 0.255 e. The number of aromatic nitrogens is 3. The molecule has 0 saturated carbocycles. The Bertz CT molecular complexity index is 898. The minimum absolute atomic E-state index is 0.0199. The predicted octanol–water partition coefficient (Wildman–Crippen LogP) is 2.29. The summed E-state index contributed by atoms with van der Waals surface area (Å²) in [6.45, 7) is 4.10. The maximum atomic E-state index is 12.1. The van der Waals surface area contributed by atoms with E-state index in [9.17, 15) is 4.79 Å². The lowest BCUT2D eigenvalue weighted by Crippen LogP contribution is -2.35. The zero-order valence-corrected chi connectivity index (χ0v) is 13.5. The Morgan fingerprint density at radius 2 is 2.25 bits per heavy atom. The van der Waals surface area contributed by atoms with E-state index >= 15 is 0 Å². The molecule has 6 nitrogen and oxygen atoms in total. The van der Waals surface area contributed by atoms with Crippen molar-refractivity contribution in [2.24, 2.45) is 0 Å². The summed E-state index contributed by atoms with van der Waals surface area (Å²) in [6, 6.07) is 7.76. The van der Waals surface area contributed by atoms with Gasteiger partial charge >= 0.3 is 0 Å². The summed E-state index contributed by atoms with van der Waals surface area (Å²) >= 11 is 0. The van der Waals surface area contributed by atoms with Crippen molar-refractivity contribution in [1.29, 1.82) is 0 Å². The summed E-state index contributed by atoms with van der Waals surface area (Å²) in [4.78, 5) is 26.1. The fraction of sp³-hybridized carbons (Fsp3) is 0.278. The van der Waals surface area contributed by atoms with Crippen LogP contribution < -0.4 is 5.56 Å². The van der Waals surface area contributed by atoms with Crippen LogP contribution in [0.25, 0.3) is 11.5 Å². The summed E-state index contributed by atoms with van der Waals surface area (Å²) in [5.41, 5.74) is 3.63. The Morgan fingerprint density at radius 1 is 1.33 bits per heavy atom. The molecule has 0 atom stereocenters. The highest BCUT2D eigenvalue weighted by Crippen LogP contribution is 2.19. The highest BCUT2D eigenvalue weighted by atomic mass is 16.3. The molecule has 122 valence electrons. The Balaban J connectivity index is 1.49. The third-order valence-corrected chi connectivity index (χ3v) is 4.27. The summed E-state index contributed by atoms with van der Waals surface area (Å²) in [6.07, 6.45) is 4.31. The first-order chi connectivity index (χ1) is 11.7. The lowest BCUT2D eigenvalue weighted by Gasteiger charge is -2.27. The Labute approximate surface area is 139 Å². The molecule has 3 aromatic rings. The number of hydrogen-bond acceptors (Lipinski definition) is 5. The summed E-state index contributed by atoms with van der Waals surface area (Å²) in [5, 5.41) is 0. The molecule has 0 radical (unpaired) electrons. The van der Waals surface area contributed by atoms with E-state index in [0.29, 0.717) is 12.4 Å². The van der Waals surface area contributed by atoms with Gasteiger partial charge < -0.3 is 9.40 Å². The van der Waals surface area contributed by atoms with Gasteiger partial charge in [-0.3, -0.25) is 14.7 Å². The summed E-state index contributed by atoms with van der Waals surface area (Å²) < 4.78 is 5.35. The maximum absolute atomic E-state index is 12.1. The van der Waals surface area contributed by atoms with Crippen LogP contribution in [0.15, 0.2) is 45.9 Å². The van der Waals surface area contributed by atoms with E-state index < -0.39 is 0 Å². The van der Waals surface area contributed by atoms with Crippen LogP contribution >= 0.6 is 0 Å². The Hall–Kier alpha value is -2.73. The highest BCUT2D eigenvalue weighted by molar-refractivity contribution is 5.51. The fourth-order valence-corrected chi connectivity index (χ4v) is 3.09. The van der Waals surface area contributed by atoms with Crippen LogP contribution in [0.5, 0.6) is 0 Å². The van der Waals surface area contributed by atoms with Gasteiger partial charge in [-0.15, -0.1) is 0 Å². The molecule has 0 unspecified atom stereocenters. The van der Waals surface area contributed by atoms with Gasteiger partial charge in [0.25, 0.3) is 5.56 Å². The first-order valence-corrected chi connectivity index (χ1v) is 7.99. The average Bonchev–Trinajstić information content (AvgIpc) is 3.11. The van der Waals surface area contributed by atoms with E-state index in [1.54, 1.807) is 6.26 Å². The van der Waals surface area contributed by atoms with Gasteiger partial charge in [-0.1, -0.05) is 6.07 Å². The van der Waals surface area contributed by atoms with E-state index in [4.69, 9.17) is 4.42 Å². The number of aromatic amines is 1. The van der Waals surface area contributed by atoms with Crippen LogP contribution in [0.1, 0.15) is 22.6 Å². The number of fused-ring (bicyclic) bond motifs is 1. The van der Waals surface area contributed by atoms with Crippen molar-refractivity contribution in [2.75, 3.05) is 6.54 Å². The number of nitrogens with zero attached hydrogens (tertiary/aromatic N) is 3. The predicted molar refractivity (Wildman–Crippen MR) is 89.4 cm³/mol. The minimum atomic E-state index is -0.0199. The number of furan rings is 1. The van der Waals surface area contributed by atoms with E-state index in [-0.39, 0.29) is 5.56 Å². The lowest BCUT2D eigenvalue weighted by molar-refractivity contribution is 0.241. The second-order valence-corrected chi connectivity index (χ2v) is 6.07. The fourth-order valence-electron chi connectivity index (χ4n) is 3.09. The van der Waals surface area contributed by atoms with Crippen LogP contribution in [0.4, 0.5) is 0 Å². The molecule has 0 bridgehead atoms. The molecule has 0 aromatic carbocycles. The number of H-pyrrole nitrogens is 1. The summed E-state index contributed by atoms with van der Waals surface area (Å²) in [5.74, 6) is 1.45. The standard InChI is InChI=1S/C18H18N4O2/c1-12-20-15-6-7-22(11-14(15)18(23)21-12)10-13-4-5-16(19-9-13)17-3-2-8-24-17/h2-5,8-9H,6-7,10-11H2,1H3,(H,20,21,23). The van der Waals surface area contributed by atoms with Crippen molar-refractivity contribution in [1.82, 2.24) is 19.9 Å². The quantitative estimate of drug-likeness (QED) is 0.801. The first-order valence-electron chi connectivity index (χ1n) is 7.99. The van der Waals surface area contributed by atoms with Crippen LogP contribution in [0.3, 0.4) is 0 Å². The molecule has 0 amide bonds. The molecular weight excluding hydrogens is 304 g/mol. The highest BCUT2D eigenvalue weighted by Gasteiger charge is 2.20. The van der Waals surface area contributed by atoms with Gasteiger partial charge in [0.05, 0.1) is 17.5 Å². The lowest BCUT2D eigenvalue weighted by atomic mass is 10.1. The molecule has 24 heavy (non-hydrogen) atoms. The average molecular weight is 322 g/mol. The number of rotatable bonds is 3. The van der Waals surface area contributed by atoms with Gasteiger partial charge in [-0.05, 0) is 30.7 Å². The molecule has 0 spiro atoms. The van der Waals surface area contributed by atoms with Crippen molar-refractivity contribution in [2.45, 2.75) is 26.4 Å². The second kappa shape index (κ2) is 6.05. The minimum Gasteiger partial charge on any atom is -0.463 e. The third kappa shape index (κ3) is 2.88. The van der Waals surface area contributed by atoms with Crippen molar-refractivity contribution in [3.8, 4) is 11.5 Å². The zero-order chi connectivity index (χ0) is 16.5. The largest absolute Gasteiger partial charge is 0.463 e. The Morgan fingerprint density at radius 3 is 3.00 bits per heavy atom. The van der Waals surface area contributed by atoms with Gasteiger partial charge in [0.15, 0.2) is 5.76 Å². The van der Waals surface area contributed by atoms with Crippen LogP contribution in [-0.2, 0) is 19.5 Å².